The maximum atomic E-state index is 12.7. The molecule has 0 aliphatic rings. The Bertz CT molecular complexity index is 736. The molecule has 31 heavy (non-hydrogen) atoms. The van der Waals surface area contributed by atoms with E-state index in [1.807, 2.05) is 13.8 Å². The van der Waals surface area contributed by atoms with Gasteiger partial charge in [0, 0.05) is 17.8 Å². The summed E-state index contributed by atoms with van der Waals surface area (Å²) in [5, 5.41) is 9.31. The van der Waals surface area contributed by atoms with Crippen LogP contribution in [0.4, 0.5) is 0 Å². The highest BCUT2D eigenvalue weighted by Gasteiger charge is 2.20. The molecule has 0 saturated carbocycles. The summed E-state index contributed by atoms with van der Waals surface area (Å²) in [6, 6.07) is 3.17. The van der Waals surface area contributed by atoms with Crippen LogP contribution in [0.15, 0.2) is 12.1 Å². The maximum absolute atomic E-state index is 12.7. The number of alkyl halides is 1. The third-order valence-electron chi connectivity index (χ3n) is 3.81. The Morgan fingerprint density at radius 1 is 0.871 bits per heavy atom. The zero-order valence-electron chi connectivity index (χ0n) is 18.0. The van der Waals surface area contributed by atoms with Gasteiger partial charge in [-0.1, -0.05) is 15.9 Å². The van der Waals surface area contributed by atoms with Crippen LogP contribution in [-0.4, -0.2) is 67.3 Å². The van der Waals surface area contributed by atoms with Crippen molar-refractivity contribution in [1.29, 1.82) is 0 Å². The fourth-order valence-corrected chi connectivity index (χ4v) is 2.71. The molecule has 1 rings (SSSR count). The molecule has 1 aromatic carbocycles. The molecule has 0 aromatic heterocycles. The van der Waals surface area contributed by atoms with Crippen LogP contribution in [-0.2, 0) is 19.1 Å². The van der Waals surface area contributed by atoms with Gasteiger partial charge >= 0.3 is 11.9 Å². The topological polar surface area (TPSA) is 118 Å². The number of aliphatic hydroxyl groups is 1. The van der Waals surface area contributed by atoms with Gasteiger partial charge in [0.25, 0.3) is 0 Å². The third-order valence-corrected chi connectivity index (χ3v) is 4.42. The van der Waals surface area contributed by atoms with E-state index in [9.17, 15) is 19.5 Å². The summed E-state index contributed by atoms with van der Waals surface area (Å²) in [7, 11) is 0. The molecule has 174 valence electrons. The van der Waals surface area contributed by atoms with Gasteiger partial charge in [-0.25, -0.2) is 4.79 Å². The molecular weight excluding hydrogens is 476 g/mol. The average Bonchev–Trinajstić information content (AvgIpc) is 2.76. The standard InChI is InChI=1S/C21H29BrO9/c1-4-27-17-12-19(29-6-3)18(28-5-2)11-14(17)15(23)7-8-20(25)30-9-10-31-21(26)16(24)13-22/h11-12,16,24H,4-10,13H2,1-3H3. The van der Waals surface area contributed by atoms with Crippen LogP contribution in [0.25, 0.3) is 0 Å². The van der Waals surface area contributed by atoms with Crippen molar-refractivity contribution in [1.82, 2.24) is 0 Å². The summed E-state index contributed by atoms with van der Waals surface area (Å²) in [4.78, 5) is 35.9. The lowest BCUT2D eigenvalue weighted by molar-refractivity contribution is -0.157. The minimum atomic E-state index is -1.27. The number of halogens is 1. The van der Waals surface area contributed by atoms with Crippen LogP contribution in [0.2, 0.25) is 0 Å². The normalized spacial score (nSPS) is 11.4. The molecule has 1 aromatic rings. The van der Waals surface area contributed by atoms with Crippen LogP contribution < -0.4 is 14.2 Å². The van der Waals surface area contributed by atoms with Crippen molar-refractivity contribution in [3.63, 3.8) is 0 Å². The molecule has 0 bridgehead atoms. The number of rotatable bonds is 15. The van der Waals surface area contributed by atoms with E-state index < -0.39 is 18.0 Å². The summed E-state index contributed by atoms with van der Waals surface area (Å²) in [6.07, 6.45) is -1.52. The van der Waals surface area contributed by atoms with Crippen molar-refractivity contribution >= 4 is 33.7 Å². The summed E-state index contributed by atoms with van der Waals surface area (Å²) >= 11 is 2.95. The number of benzene rings is 1. The number of ketones is 1. The Morgan fingerprint density at radius 2 is 1.42 bits per heavy atom. The summed E-state index contributed by atoms with van der Waals surface area (Å²) in [5.74, 6) is -0.484. The van der Waals surface area contributed by atoms with E-state index in [2.05, 4.69) is 15.9 Å². The van der Waals surface area contributed by atoms with E-state index in [0.29, 0.717) is 42.6 Å². The zero-order chi connectivity index (χ0) is 23.2. The van der Waals surface area contributed by atoms with Crippen molar-refractivity contribution < 1.29 is 43.2 Å². The van der Waals surface area contributed by atoms with Crippen molar-refractivity contribution in [3.8, 4) is 17.2 Å². The lowest BCUT2D eigenvalue weighted by Gasteiger charge is -2.16. The number of hydrogen-bond acceptors (Lipinski definition) is 9. The van der Waals surface area contributed by atoms with Gasteiger partial charge in [0.2, 0.25) is 0 Å². The summed E-state index contributed by atoms with van der Waals surface area (Å²) in [6.45, 7) is 6.27. The Labute approximate surface area is 190 Å². The highest BCUT2D eigenvalue weighted by molar-refractivity contribution is 9.09. The van der Waals surface area contributed by atoms with Gasteiger partial charge in [-0.15, -0.1) is 0 Å². The summed E-state index contributed by atoms with van der Waals surface area (Å²) in [5.41, 5.74) is 0.291. The van der Waals surface area contributed by atoms with Crippen LogP contribution >= 0.6 is 15.9 Å². The Kier molecular flexibility index (Phi) is 12.6. The Hall–Kier alpha value is -2.33. The number of ether oxygens (including phenoxy) is 5. The average molecular weight is 505 g/mol. The number of aliphatic hydroxyl groups excluding tert-OH is 1. The Balaban J connectivity index is 2.68. The quantitative estimate of drug-likeness (QED) is 0.166. The fraction of sp³-hybridized carbons (Fsp3) is 0.571. The van der Waals surface area contributed by atoms with Crippen LogP contribution in [0.3, 0.4) is 0 Å². The number of carbonyl (C=O) groups is 3. The lowest BCUT2D eigenvalue weighted by Crippen LogP contribution is -2.26. The monoisotopic (exact) mass is 504 g/mol. The van der Waals surface area contributed by atoms with Crippen molar-refractivity contribution in [2.45, 2.75) is 39.7 Å². The van der Waals surface area contributed by atoms with Gasteiger partial charge in [-0.3, -0.25) is 9.59 Å². The van der Waals surface area contributed by atoms with Crippen LogP contribution in [0.1, 0.15) is 44.0 Å². The molecule has 0 saturated heterocycles. The molecular formula is C21H29BrO9. The van der Waals surface area contributed by atoms with E-state index >= 15 is 0 Å². The fourth-order valence-electron chi connectivity index (χ4n) is 2.45. The van der Waals surface area contributed by atoms with Gasteiger partial charge in [0.1, 0.15) is 19.0 Å². The molecule has 1 atom stereocenters. The molecule has 10 heteroatoms. The molecule has 1 unspecified atom stereocenters. The summed E-state index contributed by atoms with van der Waals surface area (Å²) < 4.78 is 26.4. The van der Waals surface area contributed by atoms with Gasteiger partial charge in [0.05, 0.1) is 31.8 Å². The first-order valence-corrected chi connectivity index (χ1v) is 11.2. The van der Waals surface area contributed by atoms with E-state index in [1.54, 1.807) is 19.1 Å². The van der Waals surface area contributed by atoms with E-state index in [1.165, 1.54) is 0 Å². The molecule has 0 spiro atoms. The van der Waals surface area contributed by atoms with Crippen LogP contribution in [0.5, 0.6) is 17.2 Å². The second-order valence-corrected chi connectivity index (χ2v) is 6.72. The van der Waals surface area contributed by atoms with Gasteiger partial charge in [-0.2, -0.15) is 0 Å². The van der Waals surface area contributed by atoms with Crippen molar-refractivity contribution in [2.75, 3.05) is 38.4 Å². The first kappa shape index (κ1) is 26.7. The third kappa shape index (κ3) is 9.14. The van der Waals surface area contributed by atoms with Crippen molar-refractivity contribution in [2.24, 2.45) is 0 Å². The highest BCUT2D eigenvalue weighted by atomic mass is 79.9. The predicted octanol–water partition coefficient (Wildman–Crippen LogP) is 2.69. The SMILES string of the molecule is CCOc1cc(OCC)c(C(=O)CCC(=O)OCCOC(=O)C(O)CBr)cc1OCC. The van der Waals surface area contributed by atoms with E-state index in [-0.39, 0.29) is 37.2 Å². The molecule has 1 N–H and O–H groups in total. The van der Waals surface area contributed by atoms with Gasteiger partial charge in [0.15, 0.2) is 23.4 Å². The van der Waals surface area contributed by atoms with Crippen molar-refractivity contribution in [3.05, 3.63) is 17.7 Å². The zero-order valence-corrected chi connectivity index (χ0v) is 19.6. The molecule has 9 nitrogen and oxygen atoms in total. The number of hydrogen-bond donors (Lipinski definition) is 1. The second-order valence-electron chi connectivity index (χ2n) is 6.08. The minimum absolute atomic E-state index is 0.0496. The molecule has 0 heterocycles. The minimum Gasteiger partial charge on any atom is -0.493 e. The molecule has 0 aliphatic heterocycles. The Morgan fingerprint density at radius 3 is 2.00 bits per heavy atom. The molecule has 0 aliphatic carbocycles. The first-order valence-electron chi connectivity index (χ1n) is 10.0. The number of esters is 2. The first-order chi connectivity index (χ1) is 14.9. The number of Topliss-reactive ketones (excluding diaryl/α,β-unsaturated/α-hetero) is 1. The highest BCUT2D eigenvalue weighted by Crippen LogP contribution is 2.36. The smallest absolute Gasteiger partial charge is 0.335 e. The van der Waals surface area contributed by atoms with E-state index in [0.717, 1.165) is 0 Å². The maximum Gasteiger partial charge on any atom is 0.335 e. The lowest BCUT2D eigenvalue weighted by atomic mass is 10.0. The second kappa shape index (κ2) is 14.6. The van der Waals surface area contributed by atoms with Crippen LogP contribution in [0, 0.1) is 0 Å². The van der Waals surface area contributed by atoms with Gasteiger partial charge in [-0.05, 0) is 26.8 Å². The van der Waals surface area contributed by atoms with E-state index in [4.69, 9.17) is 23.7 Å². The largest absolute Gasteiger partial charge is 0.493 e. The van der Waals surface area contributed by atoms with Gasteiger partial charge < -0.3 is 28.8 Å². The molecule has 0 fully saturated rings. The predicted molar refractivity (Wildman–Crippen MR) is 115 cm³/mol. The number of carbonyl (C=O) groups excluding carboxylic acids is 3. The molecule has 0 amide bonds. The molecule has 0 radical (unpaired) electrons.